The quantitative estimate of drug-likeness (QED) is 0.443. The Balaban J connectivity index is 1.59. The number of carboxylic acid groups (broad SMARTS) is 1. The molecule has 4 bridgehead atoms. The smallest absolute Gasteiger partial charge is 0.316 e. The normalized spacial score (nSPS) is 53.5. The second kappa shape index (κ2) is 7.75. The van der Waals surface area contributed by atoms with E-state index in [1.54, 1.807) is 6.92 Å². The summed E-state index contributed by atoms with van der Waals surface area (Å²) in [4.78, 5) is 13.4. The summed E-state index contributed by atoms with van der Waals surface area (Å²) in [5.74, 6) is -0.423. The highest BCUT2D eigenvalue weighted by Gasteiger charge is 2.84. The molecule has 0 aromatic rings. The minimum atomic E-state index is -1.46. The monoisotopic (exact) mass is 475 g/mol. The summed E-state index contributed by atoms with van der Waals surface area (Å²) >= 11 is 0. The van der Waals surface area contributed by atoms with E-state index in [0.717, 1.165) is 18.4 Å². The molecular weight excluding hydrogens is 438 g/mol. The van der Waals surface area contributed by atoms with Crippen LogP contribution in [0.3, 0.4) is 0 Å². The van der Waals surface area contributed by atoms with Crippen LogP contribution in [0.25, 0.3) is 0 Å². The molecule has 4 N–H and O–H groups in total. The van der Waals surface area contributed by atoms with Crippen LogP contribution in [0.15, 0.2) is 11.6 Å². The number of nitriles is 1. The summed E-state index contributed by atoms with van der Waals surface area (Å²) in [6, 6.07) is 2.60. The van der Waals surface area contributed by atoms with Crippen molar-refractivity contribution in [3.63, 3.8) is 0 Å². The molecule has 1 saturated heterocycles. The van der Waals surface area contributed by atoms with Crippen LogP contribution in [0.2, 0.25) is 0 Å². The lowest BCUT2D eigenvalue weighted by Crippen LogP contribution is -2.63. The number of aliphatic hydroxyl groups excluding tert-OH is 3. The Hall–Kier alpha value is -1.50. The van der Waals surface area contributed by atoms with E-state index in [-0.39, 0.29) is 30.3 Å². The van der Waals surface area contributed by atoms with Gasteiger partial charge in [-0.3, -0.25) is 4.79 Å². The van der Waals surface area contributed by atoms with E-state index in [9.17, 15) is 30.5 Å². The number of carbonyl (C=O) groups is 1. The molecule has 0 spiro atoms. The van der Waals surface area contributed by atoms with Crippen molar-refractivity contribution in [2.45, 2.75) is 84.1 Å². The van der Waals surface area contributed by atoms with Crippen LogP contribution in [0.5, 0.6) is 0 Å². The molecule has 34 heavy (non-hydrogen) atoms. The molecule has 12 atom stereocenters. The van der Waals surface area contributed by atoms with Crippen molar-refractivity contribution in [1.82, 2.24) is 0 Å². The first-order valence-corrected chi connectivity index (χ1v) is 12.7. The molecule has 1 heterocycles. The van der Waals surface area contributed by atoms with Crippen molar-refractivity contribution >= 4 is 5.97 Å². The van der Waals surface area contributed by atoms with Crippen LogP contribution < -0.4 is 0 Å². The summed E-state index contributed by atoms with van der Waals surface area (Å²) in [6.45, 7) is 7.79. The molecule has 1 aliphatic heterocycles. The molecule has 4 aliphatic carbocycles. The van der Waals surface area contributed by atoms with Gasteiger partial charge in [-0.1, -0.05) is 38.8 Å². The molecule has 1 unspecified atom stereocenters. The van der Waals surface area contributed by atoms with Gasteiger partial charge in [0.05, 0.1) is 24.2 Å². The lowest BCUT2D eigenvalue weighted by atomic mass is 9.43. The van der Waals surface area contributed by atoms with E-state index in [0.29, 0.717) is 18.8 Å². The third-order valence-corrected chi connectivity index (χ3v) is 10.4. The zero-order valence-electron chi connectivity index (χ0n) is 20.3. The molecule has 4 fully saturated rings. The van der Waals surface area contributed by atoms with Crippen molar-refractivity contribution in [3.05, 3.63) is 11.6 Å². The predicted octanol–water partition coefficient (Wildman–Crippen LogP) is 2.08. The van der Waals surface area contributed by atoms with Gasteiger partial charge in [0.15, 0.2) is 6.29 Å². The van der Waals surface area contributed by atoms with Gasteiger partial charge in [0.25, 0.3) is 0 Å². The van der Waals surface area contributed by atoms with Crippen molar-refractivity contribution in [2.75, 3.05) is 6.61 Å². The number of allylic oxidation sites excluding steroid dienone is 1. The van der Waals surface area contributed by atoms with Crippen molar-refractivity contribution < 1.29 is 34.7 Å². The molecule has 5 aliphatic rings. The zero-order chi connectivity index (χ0) is 24.8. The van der Waals surface area contributed by atoms with Crippen LogP contribution in [0.1, 0.15) is 53.4 Å². The van der Waals surface area contributed by atoms with Gasteiger partial charge < -0.3 is 29.9 Å². The molecule has 3 saturated carbocycles. The Morgan fingerprint density at radius 2 is 1.91 bits per heavy atom. The van der Waals surface area contributed by atoms with E-state index in [1.807, 2.05) is 13.8 Å². The van der Waals surface area contributed by atoms with E-state index >= 15 is 0 Å². The minimum Gasteiger partial charge on any atom is -0.481 e. The number of nitrogens with zero attached hydrogens (tertiary/aromatic N) is 1. The summed E-state index contributed by atoms with van der Waals surface area (Å²) in [5.41, 5.74) is -2.36. The minimum absolute atomic E-state index is 0.00726. The maximum absolute atomic E-state index is 13.4. The Morgan fingerprint density at radius 1 is 1.21 bits per heavy atom. The first-order chi connectivity index (χ1) is 16.0. The average Bonchev–Trinajstić information content (AvgIpc) is 3.36. The Bertz CT molecular complexity index is 944. The van der Waals surface area contributed by atoms with Crippen molar-refractivity contribution in [2.24, 2.45) is 45.8 Å². The Morgan fingerprint density at radius 3 is 2.53 bits per heavy atom. The zero-order valence-corrected chi connectivity index (χ0v) is 20.3. The number of rotatable bonds is 5. The predicted molar refractivity (Wildman–Crippen MR) is 120 cm³/mol. The molecule has 0 aromatic heterocycles. The second-order valence-corrected chi connectivity index (χ2v) is 11.9. The van der Waals surface area contributed by atoms with E-state index in [2.05, 4.69) is 19.1 Å². The highest BCUT2D eigenvalue weighted by Crippen LogP contribution is 2.83. The van der Waals surface area contributed by atoms with Crippen LogP contribution in [0.4, 0.5) is 0 Å². The third-order valence-electron chi connectivity index (χ3n) is 10.4. The van der Waals surface area contributed by atoms with Crippen molar-refractivity contribution in [1.29, 1.82) is 5.26 Å². The first kappa shape index (κ1) is 24.2. The molecule has 0 radical (unpaired) electrons. The Kier molecular flexibility index (Phi) is 5.52. The van der Waals surface area contributed by atoms with Crippen molar-refractivity contribution in [3.8, 4) is 6.07 Å². The number of aliphatic carboxylic acids is 1. The van der Waals surface area contributed by atoms with Crippen LogP contribution >= 0.6 is 0 Å². The maximum atomic E-state index is 13.4. The van der Waals surface area contributed by atoms with Gasteiger partial charge in [0.2, 0.25) is 0 Å². The maximum Gasteiger partial charge on any atom is 0.316 e. The third kappa shape index (κ3) is 2.63. The fourth-order valence-electron chi connectivity index (χ4n) is 8.92. The van der Waals surface area contributed by atoms with Gasteiger partial charge in [-0.25, -0.2) is 0 Å². The lowest BCUT2D eigenvalue weighted by molar-refractivity contribution is -0.304. The molecule has 8 nitrogen and oxygen atoms in total. The van der Waals surface area contributed by atoms with Gasteiger partial charge in [0.1, 0.15) is 23.7 Å². The van der Waals surface area contributed by atoms with Gasteiger partial charge in [-0.2, -0.15) is 5.26 Å². The highest BCUT2D eigenvalue weighted by atomic mass is 16.7. The summed E-state index contributed by atoms with van der Waals surface area (Å²) in [6.07, 6.45) is -0.938. The molecule has 8 heteroatoms. The fraction of sp³-hybridized carbons (Fsp3) is 0.846. The van der Waals surface area contributed by atoms with Crippen LogP contribution in [-0.2, 0) is 14.3 Å². The second-order valence-electron chi connectivity index (χ2n) is 11.9. The number of hydrogen-bond donors (Lipinski definition) is 4. The topological polar surface area (TPSA) is 140 Å². The number of aliphatic hydroxyl groups is 3. The molecule has 188 valence electrons. The molecular formula is C26H37NO7. The first-order valence-electron chi connectivity index (χ1n) is 12.7. The number of hydrogen-bond acceptors (Lipinski definition) is 7. The summed E-state index contributed by atoms with van der Waals surface area (Å²) in [5, 5.41) is 52.5. The van der Waals surface area contributed by atoms with E-state index in [4.69, 9.17) is 9.47 Å². The number of fused-ring (bicyclic) bond motifs is 2. The van der Waals surface area contributed by atoms with E-state index < -0.39 is 52.9 Å². The largest absolute Gasteiger partial charge is 0.481 e. The SMILES string of the molecule is CC(C)C1=C[C@@H]2C[C@@]3(C#N)[C@@H]4CC[C@@H](C)C4C[C@@]2(CO[C@@H]2O[C@H](C)[C@@H](O)[C@@H](O)[C@@H]2O)[C@]13C(=O)O. The van der Waals surface area contributed by atoms with Crippen LogP contribution in [-0.4, -0.2) is 63.7 Å². The van der Waals surface area contributed by atoms with Crippen LogP contribution in [0, 0.1) is 57.2 Å². The standard InChI is InChI=1S/C26H37NO7/c1-12(2)18-7-15-8-24(10-27)17-6-5-13(3)16(17)9-25(15,26(18,24)23(31)32)11-33-22-21(30)20(29)19(28)14(4)34-22/h7,12-17,19-22,28-30H,5-6,8-9,11H2,1-4H3,(H,31,32)/t13-,14-,15-,16?,17-,19-,20-,21+,22-,24-,25+,26+/m1/s1. The molecule has 0 aromatic carbocycles. The van der Waals surface area contributed by atoms with Gasteiger partial charge in [0, 0.05) is 5.41 Å². The van der Waals surface area contributed by atoms with Gasteiger partial charge in [-0.15, -0.1) is 0 Å². The fourth-order valence-corrected chi connectivity index (χ4v) is 8.92. The molecule has 5 rings (SSSR count). The average molecular weight is 476 g/mol. The highest BCUT2D eigenvalue weighted by molar-refractivity contribution is 5.85. The number of carboxylic acids is 1. The Labute approximate surface area is 200 Å². The van der Waals surface area contributed by atoms with E-state index in [1.165, 1.54) is 0 Å². The van der Waals surface area contributed by atoms with Gasteiger partial charge >= 0.3 is 5.97 Å². The molecule has 0 amide bonds. The summed E-state index contributed by atoms with van der Waals surface area (Å²) in [7, 11) is 0. The number of ether oxygens (including phenoxy) is 2. The van der Waals surface area contributed by atoms with Gasteiger partial charge in [-0.05, 0) is 55.8 Å². The lowest BCUT2D eigenvalue weighted by Gasteiger charge is -2.57. The summed E-state index contributed by atoms with van der Waals surface area (Å²) < 4.78 is 11.8.